The van der Waals surface area contributed by atoms with E-state index in [2.05, 4.69) is 27.7 Å². The fourth-order valence-electron chi connectivity index (χ4n) is 4.80. The monoisotopic (exact) mass is 280 g/mol. The number of allylic oxidation sites excluding steroid dienone is 1. The molecule has 0 spiro atoms. The van der Waals surface area contributed by atoms with Crippen molar-refractivity contribution in [1.82, 2.24) is 0 Å². The zero-order valence-electron chi connectivity index (χ0n) is 13.5. The minimum Gasteiger partial charge on any atom is -0.462 e. The summed E-state index contributed by atoms with van der Waals surface area (Å²) in [4.78, 5) is 11.3. The highest BCUT2D eigenvalue weighted by Crippen LogP contribution is 2.59. The molecule has 0 aromatic rings. The lowest BCUT2D eigenvalue weighted by molar-refractivity contribution is -0.166. The average Bonchev–Trinajstić information content (AvgIpc) is 2.32. The van der Waals surface area contributed by atoms with Gasteiger partial charge in [0.25, 0.3) is 0 Å². The molecule has 20 heavy (non-hydrogen) atoms. The molecule has 0 radical (unpaired) electrons. The molecule has 2 aliphatic carbocycles. The van der Waals surface area contributed by atoms with E-state index in [0.29, 0.717) is 5.92 Å². The molecule has 2 aliphatic rings. The van der Waals surface area contributed by atoms with Crippen molar-refractivity contribution >= 4 is 5.97 Å². The number of hydrogen-bond acceptors (Lipinski definition) is 3. The zero-order valence-corrected chi connectivity index (χ0v) is 13.5. The zero-order chi connectivity index (χ0) is 15.1. The molecule has 0 saturated heterocycles. The fourth-order valence-corrected chi connectivity index (χ4v) is 4.80. The molecule has 0 amide bonds. The van der Waals surface area contributed by atoms with Gasteiger partial charge in [-0.1, -0.05) is 26.3 Å². The number of rotatable bonds is 2. The Morgan fingerprint density at radius 2 is 2.00 bits per heavy atom. The van der Waals surface area contributed by atoms with Crippen LogP contribution in [0.3, 0.4) is 0 Å². The van der Waals surface area contributed by atoms with Crippen LogP contribution < -0.4 is 0 Å². The van der Waals surface area contributed by atoms with Crippen molar-refractivity contribution in [3.8, 4) is 0 Å². The maximum absolute atomic E-state index is 11.3. The largest absolute Gasteiger partial charge is 0.462 e. The van der Waals surface area contributed by atoms with Crippen molar-refractivity contribution in [3.63, 3.8) is 0 Å². The van der Waals surface area contributed by atoms with Crippen molar-refractivity contribution in [3.05, 3.63) is 11.1 Å². The quantitative estimate of drug-likeness (QED) is 0.622. The van der Waals surface area contributed by atoms with Gasteiger partial charge in [-0.3, -0.25) is 4.79 Å². The first-order valence-corrected chi connectivity index (χ1v) is 7.70. The summed E-state index contributed by atoms with van der Waals surface area (Å²) >= 11 is 0. The van der Waals surface area contributed by atoms with Crippen LogP contribution in [0.1, 0.15) is 60.3 Å². The van der Waals surface area contributed by atoms with Crippen LogP contribution in [0, 0.1) is 16.7 Å². The molecule has 0 heterocycles. The summed E-state index contributed by atoms with van der Waals surface area (Å²) in [5.74, 6) is 0.274. The van der Waals surface area contributed by atoms with Crippen LogP contribution in [0.15, 0.2) is 11.1 Å². The average molecular weight is 280 g/mol. The third-order valence-electron chi connectivity index (χ3n) is 5.90. The van der Waals surface area contributed by atoms with E-state index >= 15 is 0 Å². The number of hydrogen-bond donors (Lipinski definition) is 1. The first-order chi connectivity index (χ1) is 9.23. The van der Waals surface area contributed by atoms with Gasteiger partial charge in [0.05, 0.1) is 6.61 Å². The Balaban J connectivity index is 2.36. The summed E-state index contributed by atoms with van der Waals surface area (Å²) in [5.41, 5.74) is 2.59. The molecule has 0 unspecified atom stereocenters. The summed E-state index contributed by atoms with van der Waals surface area (Å²) < 4.78 is 5.58. The molecule has 3 atom stereocenters. The molecule has 3 nitrogen and oxygen atoms in total. The van der Waals surface area contributed by atoms with Gasteiger partial charge in [0.15, 0.2) is 0 Å². The van der Waals surface area contributed by atoms with Gasteiger partial charge in [0.1, 0.15) is 6.10 Å². The van der Waals surface area contributed by atoms with E-state index in [-0.39, 0.29) is 29.5 Å². The van der Waals surface area contributed by atoms with E-state index < -0.39 is 0 Å². The Morgan fingerprint density at radius 1 is 1.35 bits per heavy atom. The number of esters is 1. The minimum atomic E-state index is -0.184. The fraction of sp³-hybridized carbons (Fsp3) is 0.824. The Hall–Kier alpha value is -0.830. The maximum Gasteiger partial charge on any atom is 0.302 e. The number of aliphatic hydroxyl groups excluding tert-OH is 1. The van der Waals surface area contributed by atoms with Crippen LogP contribution in [0.4, 0.5) is 0 Å². The highest BCUT2D eigenvalue weighted by Gasteiger charge is 2.54. The Kier molecular flexibility index (Phi) is 4.03. The highest BCUT2D eigenvalue weighted by molar-refractivity contribution is 5.66. The number of fused-ring (bicyclic) bond motifs is 1. The summed E-state index contributed by atoms with van der Waals surface area (Å²) in [6.07, 6.45) is 4.04. The topological polar surface area (TPSA) is 46.5 Å². The lowest BCUT2D eigenvalue weighted by atomic mass is 9.49. The lowest BCUT2D eigenvalue weighted by Crippen LogP contribution is -2.53. The van der Waals surface area contributed by atoms with Crippen LogP contribution in [0.5, 0.6) is 0 Å². The molecular weight excluding hydrogens is 252 g/mol. The molecule has 3 heteroatoms. The smallest absolute Gasteiger partial charge is 0.302 e. The second-order valence-electron chi connectivity index (χ2n) is 7.38. The Morgan fingerprint density at radius 3 is 2.55 bits per heavy atom. The summed E-state index contributed by atoms with van der Waals surface area (Å²) in [6, 6.07) is 0. The predicted octanol–water partition coefficient (Wildman–Crippen LogP) is 3.46. The second kappa shape index (κ2) is 5.18. The maximum atomic E-state index is 11.3. The van der Waals surface area contributed by atoms with Gasteiger partial charge in [-0.2, -0.15) is 0 Å². The van der Waals surface area contributed by atoms with Gasteiger partial charge in [0.2, 0.25) is 0 Å². The first-order valence-electron chi connectivity index (χ1n) is 7.70. The van der Waals surface area contributed by atoms with Crippen molar-refractivity contribution in [2.45, 2.75) is 66.4 Å². The molecule has 0 bridgehead atoms. The molecule has 1 N–H and O–H groups in total. The van der Waals surface area contributed by atoms with Crippen molar-refractivity contribution in [2.24, 2.45) is 16.7 Å². The third-order valence-corrected chi connectivity index (χ3v) is 5.90. The van der Waals surface area contributed by atoms with E-state index in [0.717, 1.165) is 25.7 Å². The lowest BCUT2D eigenvalue weighted by Gasteiger charge is -2.57. The van der Waals surface area contributed by atoms with E-state index in [4.69, 9.17) is 4.74 Å². The van der Waals surface area contributed by atoms with E-state index in [9.17, 15) is 9.90 Å². The highest BCUT2D eigenvalue weighted by atomic mass is 16.5. The summed E-state index contributed by atoms with van der Waals surface area (Å²) in [5, 5.41) is 9.80. The van der Waals surface area contributed by atoms with E-state index in [1.54, 1.807) is 0 Å². The number of ether oxygens (including phenoxy) is 1. The molecular formula is C17H28O3. The van der Waals surface area contributed by atoms with Gasteiger partial charge in [-0.15, -0.1) is 0 Å². The summed E-state index contributed by atoms with van der Waals surface area (Å²) in [6.45, 7) is 10.5. The van der Waals surface area contributed by atoms with Crippen LogP contribution in [0.2, 0.25) is 0 Å². The molecule has 0 aromatic heterocycles. The van der Waals surface area contributed by atoms with Gasteiger partial charge < -0.3 is 9.84 Å². The standard InChI is InChI=1S/C17H28O3/c1-11-6-7-14-16(3,4)15(20-12(2)19)8-9-17(14,5)13(11)10-18/h14-15,18H,6-10H2,1-5H3/t14-,15-,17+/m0/s1. The van der Waals surface area contributed by atoms with Gasteiger partial charge in [-0.25, -0.2) is 0 Å². The molecule has 1 fully saturated rings. The number of carbonyl (C=O) groups is 1. The van der Waals surface area contributed by atoms with Crippen LogP contribution in [-0.2, 0) is 9.53 Å². The minimum absolute atomic E-state index is 0.00331. The normalized spacial score (nSPS) is 36.5. The molecule has 2 rings (SSSR count). The molecule has 0 aromatic carbocycles. The SMILES string of the molecule is CC(=O)O[C@H]1CC[C@]2(C)C(CO)=C(C)CC[C@H]2C1(C)C. The molecule has 114 valence electrons. The predicted molar refractivity (Wildman–Crippen MR) is 79.2 cm³/mol. The van der Waals surface area contributed by atoms with E-state index in [1.807, 2.05) is 0 Å². The van der Waals surface area contributed by atoms with Crippen LogP contribution in [0.25, 0.3) is 0 Å². The third kappa shape index (κ3) is 2.30. The van der Waals surface area contributed by atoms with Crippen molar-refractivity contribution < 1.29 is 14.6 Å². The van der Waals surface area contributed by atoms with Gasteiger partial charge in [0, 0.05) is 12.3 Å². The second-order valence-corrected chi connectivity index (χ2v) is 7.38. The van der Waals surface area contributed by atoms with E-state index in [1.165, 1.54) is 18.1 Å². The van der Waals surface area contributed by atoms with Crippen molar-refractivity contribution in [1.29, 1.82) is 0 Å². The van der Waals surface area contributed by atoms with Crippen molar-refractivity contribution in [2.75, 3.05) is 6.61 Å². The first kappa shape index (κ1) is 15.6. The Labute approximate surface area is 122 Å². The molecule has 0 aliphatic heterocycles. The number of aliphatic hydroxyl groups is 1. The Bertz CT molecular complexity index is 436. The van der Waals surface area contributed by atoms with Gasteiger partial charge >= 0.3 is 5.97 Å². The number of carbonyl (C=O) groups excluding carboxylic acids is 1. The summed E-state index contributed by atoms with van der Waals surface area (Å²) in [7, 11) is 0. The van der Waals surface area contributed by atoms with Crippen LogP contribution in [-0.4, -0.2) is 23.8 Å². The molecule has 1 saturated carbocycles. The van der Waals surface area contributed by atoms with Gasteiger partial charge in [-0.05, 0) is 49.5 Å². The van der Waals surface area contributed by atoms with Crippen LogP contribution >= 0.6 is 0 Å².